The molecule has 1 aromatic heterocycles. The van der Waals surface area contributed by atoms with E-state index in [2.05, 4.69) is 10.3 Å². The van der Waals surface area contributed by atoms with Crippen molar-refractivity contribution < 1.29 is 14.7 Å². The quantitative estimate of drug-likeness (QED) is 0.800. The maximum atomic E-state index is 11.3. The van der Waals surface area contributed by atoms with Gasteiger partial charge in [-0.3, -0.25) is 4.79 Å². The van der Waals surface area contributed by atoms with Gasteiger partial charge in [0.1, 0.15) is 5.82 Å². The molecule has 0 fully saturated rings. The van der Waals surface area contributed by atoms with Crippen LogP contribution >= 0.6 is 0 Å². The van der Waals surface area contributed by atoms with Gasteiger partial charge in [-0.15, -0.1) is 0 Å². The Morgan fingerprint density at radius 2 is 2.06 bits per heavy atom. The van der Waals surface area contributed by atoms with Crippen molar-refractivity contribution in [2.45, 2.75) is 6.92 Å². The van der Waals surface area contributed by atoms with E-state index in [9.17, 15) is 9.59 Å². The van der Waals surface area contributed by atoms with Crippen molar-refractivity contribution in [3.63, 3.8) is 0 Å². The predicted molar refractivity (Wildman–Crippen MR) is 63.1 cm³/mol. The van der Waals surface area contributed by atoms with Crippen molar-refractivity contribution >= 4 is 17.7 Å². The molecule has 0 aliphatic rings. The third kappa shape index (κ3) is 3.75. The summed E-state index contributed by atoms with van der Waals surface area (Å²) in [5, 5.41) is 11.7. The van der Waals surface area contributed by atoms with Gasteiger partial charge in [-0.2, -0.15) is 0 Å². The number of pyridine rings is 1. The number of amides is 1. The molecular formula is C11H15N3O3. The Balaban J connectivity index is 2.78. The van der Waals surface area contributed by atoms with Gasteiger partial charge in [-0.05, 0) is 19.1 Å². The van der Waals surface area contributed by atoms with E-state index >= 15 is 0 Å². The number of aromatic nitrogens is 1. The number of rotatable bonds is 4. The number of carbonyl (C=O) groups excluding carboxylic acids is 1. The van der Waals surface area contributed by atoms with Gasteiger partial charge in [0.2, 0.25) is 5.91 Å². The summed E-state index contributed by atoms with van der Waals surface area (Å²) in [7, 11) is 3.30. The molecule has 0 aliphatic heterocycles. The normalized spacial score (nSPS) is 9.82. The van der Waals surface area contributed by atoms with E-state index < -0.39 is 5.97 Å². The minimum absolute atomic E-state index is 0.0858. The molecule has 1 amide bonds. The Kier molecular flexibility index (Phi) is 4.03. The van der Waals surface area contributed by atoms with Crippen LogP contribution in [0.1, 0.15) is 16.1 Å². The summed E-state index contributed by atoms with van der Waals surface area (Å²) in [4.78, 5) is 27.7. The molecule has 0 saturated carbocycles. The molecular weight excluding hydrogens is 222 g/mol. The fourth-order valence-corrected chi connectivity index (χ4v) is 1.21. The minimum atomic E-state index is -1.02. The average Bonchev–Trinajstić information content (AvgIpc) is 2.24. The molecule has 0 aliphatic carbocycles. The van der Waals surface area contributed by atoms with Crippen LogP contribution in [0.5, 0.6) is 0 Å². The average molecular weight is 237 g/mol. The van der Waals surface area contributed by atoms with Crippen LogP contribution in [0, 0.1) is 6.92 Å². The first kappa shape index (κ1) is 13.0. The molecule has 92 valence electrons. The molecule has 17 heavy (non-hydrogen) atoms. The van der Waals surface area contributed by atoms with Crippen LogP contribution in [-0.4, -0.2) is 47.5 Å². The van der Waals surface area contributed by atoms with Crippen molar-refractivity contribution in [2.75, 3.05) is 26.0 Å². The van der Waals surface area contributed by atoms with Gasteiger partial charge in [0.05, 0.1) is 12.1 Å². The van der Waals surface area contributed by atoms with Crippen LogP contribution in [0.25, 0.3) is 0 Å². The van der Waals surface area contributed by atoms with Gasteiger partial charge in [-0.25, -0.2) is 9.78 Å². The van der Waals surface area contributed by atoms with Crippen molar-refractivity contribution in [3.8, 4) is 0 Å². The molecule has 0 unspecified atom stereocenters. The molecule has 0 radical (unpaired) electrons. The van der Waals surface area contributed by atoms with Gasteiger partial charge in [0.25, 0.3) is 0 Å². The third-order valence-corrected chi connectivity index (χ3v) is 2.12. The Bertz CT molecular complexity index is 444. The Hall–Kier alpha value is -2.11. The van der Waals surface area contributed by atoms with E-state index in [0.717, 1.165) is 0 Å². The maximum absolute atomic E-state index is 11.3. The van der Waals surface area contributed by atoms with Gasteiger partial charge < -0.3 is 15.3 Å². The summed E-state index contributed by atoms with van der Waals surface area (Å²) in [6.07, 6.45) is 0. The number of hydrogen-bond acceptors (Lipinski definition) is 4. The van der Waals surface area contributed by atoms with Crippen LogP contribution in [0.15, 0.2) is 12.1 Å². The lowest BCUT2D eigenvalue weighted by Gasteiger charge is -2.11. The van der Waals surface area contributed by atoms with Crippen molar-refractivity contribution in [1.82, 2.24) is 9.88 Å². The van der Waals surface area contributed by atoms with Crippen LogP contribution < -0.4 is 5.32 Å². The zero-order valence-corrected chi connectivity index (χ0v) is 10.0. The summed E-state index contributed by atoms with van der Waals surface area (Å²) in [5.41, 5.74) is 0.738. The monoisotopic (exact) mass is 237 g/mol. The number of anilines is 1. The smallest absolute Gasteiger partial charge is 0.335 e. The number of nitrogens with zero attached hydrogens (tertiary/aromatic N) is 2. The van der Waals surface area contributed by atoms with Crippen molar-refractivity contribution in [3.05, 3.63) is 23.4 Å². The van der Waals surface area contributed by atoms with E-state index in [4.69, 9.17) is 5.11 Å². The first-order chi connectivity index (χ1) is 7.90. The molecule has 0 aromatic carbocycles. The number of carboxylic acid groups (broad SMARTS) is 1. The number of aryl methyl sites for hydroxylation is 1. The fourth-order valence-electron chi connectivity index (χ4n) is 1.21. The van der Waals surface area contributed by atoms with E-state index in [0.29, 0.717) is 11.5 Å². The first-order valence-corrected chi connectivity index (χ1v) is 5.06. The maximum Gasteiger partial charge on any atom is 0.335 e. The predicted octanol–water partition coefficient (Wildman–Crippen LogP) is 0.588. The van der Waals surface area contributed by atoms with Crippen LogP contribution in [-0.2, 0) is 4.79 Å². The molecule has 6 heteroatoms. The zero-order valence-electron chi connectivity index (χ0n) is 10.0. The summed E-state index contributed by atoms with van der Waals surface area (Å²) in [5.74, 6) is -0.736. The third-order valence-electron chi connectivity index (χ3n) is 2.12. The lowest BCUT2D eigenvalue weighted by atomic mass is 10.2. The van der Waals surface area contributed by atoms with E-state index in [1.165, 1.54) is 17.0 Å². The number of likely N-dealkylation sites (N-methyl/N-ethyl adjacent to an activating group) is 1. The van der Waals surface area contributed by atoms with Gasteiger partial charge in [0.15, 0.2) is 0 Å². The minimum Gasteiger partial charge on any atom is -0.478 e. The lowest BCUT2D eigenvalue weighted by molar-refractivity contribution is -0.126. The Morgan fingerprint density at radius 3 is 2.59 bits per heavy atom. The van der Waals surface area contributed by atoms with Crippen LogP contribution in [0.4, 0.5) is 5.82 Å². The van der Waals surface area contributed by atoms with Gasteiger partial charge >= 0.3 is 5.97 Å². The number of carbonyl (C=O) groups is 2. The molecule has 6 nitrogen and oxygen atoms in total. The first-order valence-electron chi connectivity index (χ1n) is 5.06. The second-order valence-electron chi connectivity index (χ2n) is 3.83. The second-order valence-corrected chi connectivity index (χ2v) is 3.83. The van der Waals surface area contributed by atoms with Gasteiger partial charge in [0, 0.05) is 19.8 Å². The largest absolute Gasteiger partial charge is 0.478 e. The van der Waals surface area contributed by atoms with Gasteiger partial charge in [-0.1, -0.05) is 0 Å². The standard InChI is InChI=1S/C11H15N3O3/c1-7-4-8(11(16)17)5-9(13-7)12-6-10(15)14(2)3/h4-5H,6H2,1-3H3,(H,12,13)(H,16,17). The highest BCUT2D eigenvalue weighted by Crippen LogP contribution is 2.09. The molecule has 1 heterocycles. The molecule has 2 N–H and O–H groups in total. The lowest BCUT2D eigenvalue weighted by Crippen LogP contribution is -2.28. The highest BCUT2D eigenvalue weighted by atomic mass is 16.4. The Morgan fingerprint density at radius 1 is 1.41 bits per heavy atom. The number of carboxylic acids is 1. The second kappa shape index (κ2) is 5.29. The highest BCUT2D eigenvalue weighted by Gasteiger charge is 2.08. The molecule has 0 saturated heterocycles. The summed E-state index contributed by atoms with van der Waals surface area (Å²) in [6.45, 7) is 1.79. The molecule has 0 spiro atoms. The summed E-state index contributed by atoms with van der Waals surface area (Å²) in [6, 6.07) is 2.87. The summed E-state index contributed by atoms with van der Waals surface area (Å²) < 4.78 is 0. The van der Waals surface area contributed by atoms with E-state index in [1.54, 1.807) is 21.0 Å². The highest BCUT2D eigenvalue weighted by molar-refractivity contribution is 5.89. The topological polar surface area (TPSA) is 82.5 Å². The van der Waals surface area contributed by atoms with E-state index in [1.807, 2.05) is 0 Å². The summed E-state index contributed by atoms with van der Waals surface area (Å²) >= 11 is 0. The zero-order chi connectivity index (χ0) is 13.0. The number of aromatic carboxylic acids is 1. The van der Waals surface area contributed by atoms with Crippen molar-refractivity contribution in [1.29, 1.82) is 0 Å². The molecule has 0 bridgehead atoms. The van der Waals surface area contributed by atoms with Crippen LogP contribution in [0.3, 0.4) is 0 Å². The number of nitrogens with one attached hydrogen (secondary N) is 1. The fraction of sp³-hybridized carbons (Fsp3) is 0.364. The SMILES string of the molecule is Cc1cc(C(=O)O)cc(NCC(=O)N(C)C)n1. The molecule has 1 aromatic rings. The Labute approximate surface area is 99.3 Å². The van der Waals surface area contributed by atoms with Crippen molar-refractivity contribution in [2.24, 2.45) is 0 Å². The molecule has 1 rings (SSSR count). The van der Waals surface area contributed by atoms with E-state index in [-0.39, 0.29) is 18.0 Å². The number of hydrogen-bond donors (Lipinski definition) is 2. The van der Waals surface area contributed by atoms with Crippen LogP contribution in [0.2, 0.25) is 0 Å². The molecule has 0 atom stereocenters.